The predicted octanol–water partition coefficient (Wildman–Crippen LogP) is 1.35. The van der Waals surface area contributed by atoms with Crippen LogP contribution in [-0.2, 0) is 14.3 Å². The lowest BCUT2D eigenvalue weighted by molar-refractivity contribution is -0.138. The zero-order valence-electron chi connectivity index (χ0n) is 22.4. The standard InChI is InChI=1S/C27H35FN6O4S/c1-15(2)10-20(26(37)34-12-19(29)24-23(34)22(35)13-38-24)30-25(36)16-4-5-17(18(28)11-16)21-14-39-27(31-21)33-8-6-32(3)7-9-33/h4-5,11,14-15,19-20,23-24H,6-10,12-13,29H2,1-3H3,(H,30,36)/t19-,20-,23+,24+/m0/s1. The first-order valence-electron chi connectivity index (χ1n) is 13.3. The van der Waals surface area contributed by atoms with Crippen molar-refractivity contribution in [2.75, 3.05) is 51.3 Å². The van der Waals surface area contributed by atoms with Crippen LogP contribution in [0.1, 0.15) is 30.6 Å². The zero-order valence-corrected chi connectivity index (χ0v) is 23.2. The number of hydrogen-bond acceptors (Lipinski definition) is 9. The van der Waals surface area contributed by atoms with Crippen LogP contribution in [0.25, 0.3) is 11.3 Å². The molecule has 3 aliphatic heterocycles. The summed E-state index contributed by atoms with van der Waals surface area (Å²) in [6, 6.07) is 2.17. The maximum absolute atomic E-state index is 15.2. The first-order chi connectivity index (χ1) is 18.6. The fourth-order valence-electron chi connectivity index (χ4n) is 5.45. The molecule has 210 valence electrons. The molecule has 3 aliphatic rings. The van der Waals surface area contributed by atoms with Gasteiger partial charge in [-0.1, -0.05) is 13.8 Å². The summed E-state index contributed by atoms with van der Waals surface area (Å²) < 4.78 is 20.7. The Kier molecular flexibility index (Phi) is 7.99. The number of Topliss-reactive ketones (excluding diaryl/α,β-unsaturated/α-hetero) is 1. The van der Waals surface area contributed by atoms with E-state index in [2.05, 4.69) is 27.1 Å². The van der Waals surface area contributed by atoms with E-state index in [-0.39, 0.29) is 36.3 Å². The van der Waals surface area contributed by atoms with Crippen molar-refractivity contribution >= 4 is 34.1 Å². The van der Waals surface area contributed by atoms with Crippen molar-refractivity contribution in [2.24, 2.45) is 11.7 Å². The van der Waals surface area contributed by atoms with Crippen LogP contribution in [0, 0.1) is 11.7 Å². The fourth-order valence-corrected chi connectivity index (χ4v) is 6.33. The number of carbonyl (C=O) groups is 3. The molecular weight excluding hydrogens is 523 g/mol. The summed E-state index contributed by atoms with van der Waals surface area (Å²) in [5, 5.41) is 5.45. The van der Waals surface area contributed by atoms with Gasteiger partial charge in [-0.2, -0.15) is 0 Å². The molecule has 0 bridgehead atoms. The quantitative estimate of drug-likeness (QED) is 0.523. The molecule has 2 aromatic rings. The van der Waals surface area contributed by atoms with Gasteiger partial charge in [-0.15, -0.1) is 11.3 Å². The van der Waals surface area contributed by atoms with Gasteiger partial charge < -0.3 is 30.5 Å². The molecule has 12 heteroatoms. The lowest BCUT2D eigenvalue weighted by Crippen LogP contribution is -2.52. The highest BCUT2D eigenvalue weighted by atomic mass is 32.1. The number of ether oxygens (including phenoxy) is 1. The summed E-state index contributed by atoms with van der Waals surface area (Å²) in [6.07, 6.45) is -0.169. The van der Waals surface area contributed by atoms with Crippen LogP contribution in [0.4, 0.5) is 9.52 Å². The van der Waals surface area contributed by atoms with Gasteiger partial charge in [-0.3, -0.25) is 14.4 Å². The molecule has 1 aromatic carbocycles. The van der Waals surface area contributed by atoms with Crippen LogP contribution in [-0.4, -0.2) is 103 Å². The second kappa shape index (κ2) is 11.3. The molecule has 4 atom stereocenters. The number of hydrogen-bond donors (Lipinski definition) is 2. The van der Waals surface area contributed by atoms with E-state index < -0.39 is 36.0 Å². The molecule has 0 radical (unpaired) electrons. The van der Waals surface area contributed by atoms with E-state index in [4.69, 9.17) is 10.5 Å². The Hall–Kier alpha value is -2.93. The van der Waals surface area contributed by atoms with Crippen molar-refractivity contribution in [1.82, 2.24) is 20.1 Å². The lowest BCUT2D eigenvalue weighted by atomic mass is 10.0. The smallest absolute Gasteiger partial charge is 0.252 e. The van der Waals surface area contributed by atoms with Gasteiger partial charge in [-0.05, 0) is 37.6 Å². The maximum atomic E-state index is 15.2. The SMILES string of the molecule is CC(C)C[C@H](NC(=O)c1ccc(-c2csc(N3CCN(C)CC3)n2)c(F)c1)C(=O)N1C[C@H](N)[C@H]2OCC(=O)[C@H]21. The number of nitrogens with one attached hydrogen (secondary N) is 1. The number of benzene rings is 1. The zero-order chi connectivity index (χ0) is 27.8. The Bertz CT molecular complexity index is 1250. The Morgan fingerprint density at radius 2 is 2.00 bits per heavy atom. The number of fused-ring (bicyclic) bond motifs is 1. The number of thiazole rings is 1. The van der Waals surface area contributed by atoms with E-state index in [1.165, 1.54) is 28.4 Å². The van der Waals surface area contributed by atoms with Crippen molar-refractivity contribution in [3.05, 3.63) is 35.0 Å². The first kappa shape index (κ1) is 27.6. The monoisotopic (exact) mass is 558 g/mol. The van der Waals surface area contributed by atoms with Gasteiger partial charge in [-0.25, -0.2) is 9.37 Å². The first-order valence-corrected chi connectivity index (χ1v) is 14.2. The normalized spacial score (nSPS) is 24.4. The van der Waals surface area contributed by atoms with E-state index >= 15 is 4.39 Å². The number of nitrogens with two attached hydrogens (primary N) is 1. The average Bonchev–Trinajstić information content (AvgIpc) is 3.61. The summed E-state index contributed by atoms with van der Waals surface area (Å²) in [6.45, 7) is 7.61. The molecule has 0 aliphatic carbocycles. The van der Waals surface area contributed by atoms with Crippen LogP contribution < -0.4 is 16.0 Å². The van der Waals surface area contributed by atoms with Crippen molar-refractivity contribution in [2.45, 2.75) is 44.5 Å². The van der Waals surface area contributed by atoms with Gasteiger partial charge in [0.25, 0.3) is 5.91 Å². The van der Waals surface area contributed by atoms with Crippen molar-refractivity contribution < 1.29 is 23.5 Å². The number of halogens is 1. The highest BCUT2D eigenvalue weighted by molar-refractivity contribution is 7.14. The number of nitrogens with zero attached hydrogens (tertiary/aromatic N) is 4. The minimum Gasteiger partial charge on any atom is -0.366 e. The van der Waals surface area contributed by atoms with E-state index in [0.29, 0.717) is 17.7 Å². The summed E-state index contributed by atoms with van der Waals surface area (Å²) in [5.41, 5.74) is 7.06. The molecule has 3 saturated heterocycles. The third kappa shape index (κ3) is 5.69. The molecular formula is C27H35FN6O4S. The van der Waals surface area contributed by atoms with E-state index in [1.54, 1.807) is 6.07 Å². The molecule has 0 spiro atoms. The van der Waals surface area contributed by atoms with Gasteiger partial charge in [0, 0.05) is 49.2 Å². The van der Waals surface area contributed by atoms with E-state index in [1.807, 2.05) is 19.2 Å². The van der Waals surface area contributed by atoms with Crippen LogP contribution in [0.2, 0.25) is 0 Å². The molecule has 10 nitrogen and oxygen atoms in total. The van der Waals surface area contributed by atoms with Crippen LogP contribution >= 0.6 is 11.3 Å². The number of piperazine rings is 1. The van der Waals surface area contributed by atoms with Crippen LogP contribution in [0.3, 0.4) is 0 Å². The van der Waals surface area contributed by atoms with Crippen LogP contribution in [0.15, 0.2) is 23.6 Å². The molecule has 5 rings (SSSR count). The molecule has 4 heterocycles. The Labute approximate surface area is 231 Å². The molecule has 2 amide bonds. The predicted molar refractivity (Wildman–Crippen MR) is 146 cm³/mol. The second-order valence-corrected chi connectivity index (χ2v) is 11.8. The van der Waals surface area contributed by atoms with E-state index in [9.17, 15) is 14.4 Å². The Balaban J connectivity index is 1.29. The van der Waals surface area contributed by atoms with Gasteiger partial charge in [0.2, 0.25) is 5.91 Å². The van der Waals surface area contributed by atoms with Crippen molar-refractivity contribution in [3.63, 3.8) is 0 Å². The number of ketones is 1. The number of likely N-dealkylation sites (tertiary alicyclic amines) is 1. The number of anilines is 1. The maximum Gasteiger partial charge on any atom is 0.252 e. The van der Waals surface area contributed by atoms with Gasteiger partial charge in [0.05, 0.1) is 11.7 Å². The third-order valence-electron chi connectivity index (χ3n) is 7.59. The number of rotatable bonds is 7. The molecule has 0 saturated carbocycles. The van der Waals surface area contributed by atoms with Crippen molar-refractivity contribution in [1.29, 1.82) is 0 Å². The minimum atomic E-state index is -0.885. The summed E-state index contributed by atoms with van der Waals surface area (Å²) >= 11 is 1.47. The Morgan fingerprint density at radius 3 is 2.69 bits per heavy atom. The summed E-state index contributed by atoms with van der Waals surface area (Å²) in [4.78, 5) is 49.6. The number of carbonyl (C=O) groups excluding carboxylic acids is 3. The largest absolute Gasteiger partial charge is 0.366 e. The van der Waals surface area contributed by atoms with Gasteiger partial charge >= 0.3 is 0 Å². The molecule has 3 N–H and O–H groups in total. The highest BCUT2D eigenvalue weighted by Crippen LogP contribution is 2.31. The summed E-state index contributed by atoms with van der Waals surface area (Å²) in [5.74, 6) is -1.61. The number of amides is 2. The molecule has 39 heavy (non-hydrogen) atoms. The highest BCUT2D eigenvalue weighted by Gasteiger charge is 2.52. The lowest BCUT2D eigenvalue weighted by Gasteiger charge is -2.32. The number of likely N-dealkylation sites (N-methyl/N-ethyl adjacent to an activating group) is 1. The van der Waals surface area contributed by atoms with Crippen LogP contribution in [0.5, 0.6) is 0 Å². The minimum absolute atomic E-state index is 0.0739. The van der Waals surface area contributed by atoms with Gasteiger partial charge in [0.15, 0.2) is 10.9 Å². The van der Waals surface area contributed by atoms with E-state index in [0.717, 1.165) is 31.3 Å². The molecule has 0 unspecified atom stereocenters. The Morgan fingerprint density at radius 1 is 1.26 bits per heavy atom. The second-order valence-electron chi connectivity index (χ2n) is 11.0. The average molecular weight is 559 g/mol. The molecule has 3 fully saturated rings. The van der Waals surface area contributed by atoms with Crippen molar-refractivity contribution in [3.8, 4) is 11.3 Å². The van der Waals surface area contributed by atoms with Gasteiger partial charge in [0.1, 0.15) is 30.6 Å². The third-order valence-corrected chi connectivity index (χ3v) is 8.49. The topological polar surface area (TPSA) is 121 Å². The fraction of sp³-hybridized carbons (Fsp3) is 0.556. The summed E-state index contributed by atoms with van der Waals surface area (Å²) in [7, 11) is 2.08. The molecule has 1 aromatic heterocycles. The number of aromatic nitrogens is 1.